The van der Waals surface area contributed by atoms with Gasteiger partial charge in [-0.05, 0) is 12.1 Å². The number of nitrogens with zero attached hydrogens (tertiary/aromatic N) is 1. The number of pyridine rings is 1. The van der Waals surface area contributed by atoms with Crippen LogP contribution in [-0.4, -0.2) is 31.2 Å². The number of hydrogen-bond donors (Lipinski definition) is 1. The molecule has 0 aliphatic rings. The third kappa shape index (κ3) is 3.94. The molecule has 88 valence electrons. The number of methoxy groups -OCH3 is 1. The first-order valence-electron chi connectivity index (χ1n) is 4.38. The second-order valence-corrected chi connectivity index (χ2v) is 3.53. The highest BCUT2D eigenvalue weighted by Crippen LogP contribution is 2.16. The van der Waals surface area contributed by atoms with E-state index in [1.165, 1.54) is 19.2 Å². The lowest BCUT2D eigenvalue weighted by molar-refractivity contribution is 0.00859. The molecule has 7 heteroatoms. The fourth-order valence-electron chi connectivity index (χ4n) is 0.867. The van der Waals surface area contributed by atoms with E-state index in [2.05, 4.69) is 10.5 Å². The van der Waals surface area contributed by atoms with Gasteiger partial charge in [0, 0.05) is 7.11 Å². The first-order chi connectivity index (χ1) is 7.65. The molecule has 0 saturated carbocycles. The number of carbonyl (C=O) groups excluding carboxylic acids is 1. The Morgan fingerprint density at radius 2 is 2.19 bits per heavy atom. The van der Waals surface area contributed by atoms with Gasteiger partial charge in [0.15, 0.2) is 5.69 Å². The van der Waals surface area contributed by atoms with Crippen LogP contribution in [0, 0.1) is 0 Å². The summed E-state index contributed by atoms with van der Waals surface area (Å²) in [7, 11) is 1.53. The van der Waals surface area contributed by atoms with Crippen molar-refractivity contribution in [1.82, 2.24) is 10.5 Å². The van der Waals surface area contributed by atoms with E-state index in [9.17, 15) is 4.79 Å². The Morgan fingerprint density at radius 3 is 2.88 bits per heavy atom. The lowest BCUT2D eigenvalue weighted by atomic mass is 10.3. The van der Waals surface area contributed by atoms with Gasteiger partial charge in [-0.2, -0.15) is 0 Å². The summed E-state index contributed by atoms with van der Waals surface area (Å²) < 4.78 is 4.73. The largest absolute Gasteiger partial charge is 0.382 e. The summed E-state index contributed by atoms with van der Waals surface area (Å²) in [5, 5.41) is 0.392. The van der Waals surface area contributed by atoms with E-state index in [0.717, 1.165) is 0 Å². The molecular weight excluding hydrogens is 255 g/mol. The molecule has 0 aromatic carbocycles. The van der Waals surface area contributed by atoms with Crippen LogP contribution >= 0.6 is 23.2 Å². The molecule has 1 rings (SSSR count). The zero-order chi connectivity index (χ0) is 12.0. The Labute approximate surface area is 103 Å². The highest BCUT2D eigenvalue weighted by Gasteiger charge is 2.12. The summed E-state index contributed by atoms with van der Waals surface area (Å²) in [4.78, 5) is 20.1. The standard InChI is InChI=1S/C9H10Cl2N2O3/c1-15-4-5-16-13-9(14)8-6(10)2-3-7(11)12-8/h2-3H,4-5H2,1H3,(H,13,14). The number of aromatic nitrogens is 1. The van der Waals surface area contributed by atoms with Gasteiger partial charge in [0.2, 0.25) is 0 Å². The molecule has 0 spiro atoms. The van der Waals surface area contributed by atoms with E-state index >= 15 is 0 Å². The number of nitrogens with one attached hydrogen (secondary N) is 1. The quantitative estimate of drug-likeness (QED) is 0.500. The average Bonchev–Trinajstić information content (AvgIpc) is 2.27. The summed E-state index contributed by atoms with van der Waals surface area (Å²) in [6, 6.07) is 2.98. The van der Waals surface area contributed by atoms with E-state index in [1.807, 2.05) is 0 Å². The second kappa shape index (κ2) is 6.65. The van der Waals surface area contributed by atoms with E-state index in [-0.39, 0.29) is 22.5 Å². The van der Waals surface area contributed by atoms with Crippen molar-refractivity contribution >= 4 is 29.1 Å². The van der Waals surface area contributed by atoms with E-state index in [1.54, 1.807) is 0 Å². The van der Waals surface area contributed by atoms with Crippen LogP contribution < -0.4 is 5.48 Å². The Balaban J connectivity index is 2.55. The first-order valence-corrected chi connectivity index (χ1v) is 5.14. The maximum absolute atomic E-state index is 11.5. The van der Waals surface area contributed by atoms with Crippen LogP contribution in [0.5, 0.6) is 0 Å². The van der Waals surface area contributed by atoms with E-state index < -0.39 is 5.91 Å². The predicted octanol–water partition coefficient (Wildman–Crippen LogP) is 1.70. The van der Waals surface area contributed by atoms with Crippen molar-refractivity contribution in [1.29, 1.82) is 0 Å². The van der Waals surface area contributed by atoms with Gasteiger partial charge < -0.3 is 4.74 Å². The Morgan fingerprint density at radius 1 is 1.44 bits per heavy atom. The van der Waals surface area contributed by atoms with Crippen molar-refractivity contribution < 1.29 is 14.4 Å². The minimum absolute atomic E-state index is 0.0200. The van der Waals surface area contributed by atoms with Gasteiger partial charge in [-0.15, -0.1) is 0 Å². The van der Waals surface area contributed by atoms with E-state index in [0.29, 0.717) is 6.61 Å². The molecule has 0 aliphatic carbocycles. The topological polar surface area (TPSA) is 60.5 Å². The molecule has 0 radical (unpaired) electrons. The smallest absolute Gasteiger partial charge is 0.295 e. The highest BCUT2D eigenvalue weighted by atomic mass is 35.5. The van der Waals surface area contributed by atoms with Crippen LogP contribution in [0.15, 0.2) is 12.1 Å². The Bertz CT molecular complexity index is 374. The minimum Gasteiger partial charge on any atom is -0.382 e. The van der Waals surface area contributed by atoms with Crippen LogP contribution in [0.3, 0.4) is 0 Å². The molecule has 1 amide bonds. The van der Waals surface area contributed by atoms with Crippen molar-refractivity contribution in [2.24, 2.45) is 0 Å². The third-order valence-corrected chi connectivity index (χ3v) is 2.10. The molecule has 0 aliphatic heterocycles. The van der Waals surface area contributed by atoms with Gasteiger partial charge in [0.05, 0.1) is 18.2 Å². The first kappa shape index (κ1) is 13.2. The lowest BCUT2D eigenvalue weighted by Gasteiger charge is -2.06. The second-order valence-electron chi connectivity index (χ2n) is 2.74. The average molecular weight is 265 g/mol. The van der Waals surface area contributed by atoms with Crippen LogP contribution in [0.4, 0.5) is 0 Å². The van der Waals surface area contributed by atoms with Crippen LogP contribution in [0.1, 0.15) is 10.5 Å². The van der Waals surface area contributed by atoms with Gasteiger partial charge in [-0.1, -0.05) is 23.2 Å². The Hall–Kier alpha value is -0.880. The van der Waals surface area contributed by atoms with Gasteiger partial charge in [-0.25, -0.2) is 10.5 Å². The van der Waals surface area contributed by atoms with Gasteiger partial charge in [0.25, 0.3) is 5.91 Å². The minimum atomic E-state index is -0.552. The fraction of sp³-hybridized carbons (Fsp3) is 0.333. The van der Waals surface area contributed by atoms with Crippen LogP contribution in [0.2, 0.25) is 10.2 Å². The summed E-state index contributed by atoms with van der Waals surface area (Å²) >= 11 is 11.4. The molecule has 0 fully saturated rings. The summed E-state index contributed by atoms with van der Waals surface area (Å²) in [6.07, 6.45) is 0. The van der Waals surface area contributed by atoms with Crippen molar-refractivity contribution in [2.45, 2.75) is 0 Å². The van der Waals surface area contributed by atoms with Crippen LogP contribution in [0.25, 0.3) is 0 Å². The molecule has 1 N–H and O–H groups in total. The maximum Gasteiger partial charge on any atom is 0.295 e. The molecular formula is C9H10Cl2N2O3. The van der Waals surface area contributed by atoms with Crippen molar-refractivity contribution in [3.63, 3.8) is 0 Å². The van der Waals surface area contributed by atoms with Crippen LogP contribution in [-0.2, 0) is 9.57 Å². The number of hydrogen-bond acceptors (Lipinski definition) is 4. The lowest BCUT2D eigenvalue weighted by Crippen LogP contribution is -2.26. The zero-order valence-corrected chi connectivity index (χ0v) is 10.0. The van der Waals surface area contributed by atoms with Crippen molar-refractivity contribution in [3.8, 4) is 0 Å². The molecule has 5 nitrogen and oxygen atoms in total. The molecule has 16 heavy (non-hydrogen) atoms. The summed E-state index contributed by atoms with van der Waals surface area (Å²) in [5.41, 5.74) is 2.20. The normalized spacial score (nSPS) is 10.2. The fourth-order valence-corrected chi connectivity index (χ4v) is 1.21. The monoisotopic (exact) mass is 264 g/mol. The summed E-state index contributed by atoms with van der Waals surface area (Å²) in [6.45, 7) is 0.609. The van der Waals surface area contributed by atoms with Gasteiger partial charge in [-0.3, -0.25) is 9.63 Å². The Kier molecular flexibility index (Phi) is 5.48. The number of rotatable bonds is 5. The summed E-state index contributed by atoms with van der Waals surface area (Å²) in [5.74, 6) is -0.552. The SMILES string of the molecule is COCCONC(=O)c1nc(Cl)ccc1Cl. The highest BCUT2D eigenvalue weighted by molar-refractivity contribution is 6.34. The number of ether oxygens (including phenoxy) is 1. The number of amides is 1. The van der Waals surface area contributed by atoms with Gasteiger partial charge in [0.1, 0.15) is 5.15 Å². The number of carbonyl (C=O) groups is 1. The predicted molar refractivity (Wildman–Crippen MR) is 59.6 cm³/mol. The van der Waals surface area contributed by atoms with Gasteiger partial charge >= 0.3 is 0 Å². The van der Waals surface area contributed by atoms with Crippen molar-refractivity contribution in [3.05, 3.63) is 28.0 Å². The molecule has 0 unspecified atom stereocenters. The molecule has 1 heterocycles. The third-order valence-electron chi connectivity index (χ3n) is 1.58. The maximum atomic E-state index is 11.5. The number of hydroxylamine groups is 1. The molecule has 0 atom stereocenters. The molecule has 0 saturated heterocycles. The van der Waals surface area contributed by atoms with Crippen molar-refractivity contribution in [2.75, 3.05) is 20.3 Å². The molecule has 1 aromatic rings. The van der Waals surface area contributed by atoms with E-state index in [4.69, 9.17) is 32.8 Å². The zero-order valence-electron chi connectivity index (χ0n) is 8.50. The number of halogens is 2. The molecule has 1 aromatic heterocycles. The molecule has 0 bridgehead atoms.